The summed E-state index contributed by atoms with van der Waals surface area (Å²) in [5.41, 5.74) is -1.16. The summed E-state index contributed by atoms with van der Waals surface area (Å²) in [6.07, 6.45) is 12.2. The van der Waals surface area contributed by atoms with Crippen LogP contribution in [0.2, 0.25) is 0 Å². The van der Waals surface area contributed by atoms with Gasteiger partial charge in [-0.2, -0.15) is 0 Å². The molecule has 6 aliphatic rings. The van der Waals surface area contributed by atoms with Crippen molar-refractivity contribution in [3.05, 3.63) is 0 Å². The molecule has 0 aromatic heterocycles. The average molecular weight is 391 g/mol. The van der Waals surface area contributed by atoms with Gasteiger partial charge < -0.3 is 9.47 Å². The third-order valence-electron chi connectivity index (χ3n) is 8.75. The number of carbonyl (C=O) groups excluding carboxylic acids is 2. The van der Waals surface area contributed by atoms with Gasteiger partial charge in [0.1, 0.15) is 12.2 Å². The summed E-state index contributed by atoms with van der Waals surface area (Å²) in [5.74, 6) is 1.59. The van der Waals surface area contributed by atoms with Crippen molar-refractivity contribution in [2.24, 2.45) is 35.0 Å². The van der Waals surface area contributed by atoms with Crippen LogP contribution in [0.3, 0.4) is 0 Å². The Balaban J connectivity index is 1.47. The van der Waals surface area contributed by atoms with Gasteiger partial charge in [0.05, 0.1) is 0 Å². The summed E-state index contributed by atoms with van der Waals surface area (Å²) in [6.45, 7) is 5.86. The third kappa shape index (κ3) is 3.50. The summed E-state index contributed by atoms with van der Waals surface area (Å²) in [5, 5.41) is 0. The lowest BCUT2D eigenvalue weighted by atomic mass is 9.68. The second kappa shape index (κ2) is 7.99. The maximum atomic E-state index is 13.4. The molecule has 158 valence electrons. The van der Waals surface area contributed by atoms with Crippen LogP contribution in [-0.2, 0) is 19.1 Å². The lowest BCUT2D eigenvalue weighted by molar-refractivity contribution is -0.191. The van der Waals surface area contributed by atoms with Gasteiger partial charge in [-0.05, 0) is 100 Å². The largest absolute Gasteiger partial charge is 0.461 e. The van der Waals surface area contributed by atoms with Gasteiger partial charge in [-0.25, -0.2) is 0 Å². The van der Waals surface area contributed by atoms with E-state index in [1.165, 1.54) is 51.4 Å². The second-order valence-corrected chi connectivity index (χ2v) is 10.4. The Kier molecular flexibility index (Phi) is 5.77. The Morgan fingerprint density at radius 2 is 1.18 bits per heavy atom. The van der Waals surface area contributed by atoms with Gasteiger partial charge in [0, 0.05) is 0 Å². The molecule has 6 rings (SSSR count). The summed E-state index contributed by atoms with van der Waals surface area (Å²) in [6, 6.07) is 0. The molecule has 2 atom stereocenters. The zero-order valence-electron chi connectivity index (χ0n) is 18.0. The molecule has 0 aromatic rings. The zero-order valence-corrected chi connectivity index (χ0v) is 18.0. The fourth-order valence-electron chi connectivity index (χ4n) is 6.66. The van der Waals surface area contributed by atoms with Crippen LogP contribution >= 0.6 is 0 Å². The van der Waals surface area contributed by atoms with Gasteiger partial charge in [0.25, 0.3) is 0 Å². The highest BCUT2D eigenvalue weighted by Crippen LogP contribution is 2.46. The minimum Gasteiger partial charge on any atom is -0.461 e. The Bertz CT molecular complexity index is 537. The normalized spacial score (nSPS) is 38.9. The molecule has 6 fully saturated rings. The van der Waals surface area contributed by atoms with Crippen LogP contribution in [0.4, 0.5) is 0 Å². The molecule has 0 aromatic carbocycles. The summed E-state index contributed by atoms with van der Waals surface area (Å²) in [4.78, 5) is 26.8. The predicted octanol–water partition coefficient (Wildman–Crippen LogP) is 5.28. The number of carbonyl (C=O) groups is 2. The van der Waals surface area contributed by atoms with E-state index in [1.807, 2.05) is 20.8 Å². The molecule has 4 bridgehead atoms. The minimum absolute atomic E-state index is 0.00293. The molecule has 2 unspecified atom stereocenters. The highest BCUT2D eigenvalue weighted by Gasteiger charge is 2.53. The first-order chi connectivity index (χ1) is 13.4. The van der Waals surface area contributed by atoms with Crippen molar-refractivity contribution in [3.8, 4) is 0 Å². The maximum absolute atomic E-state index is 13.4. The van der Waals surface area contributed by atoms with Crippen LogP contribution in [0.15, 0.2) is 0 Å². The highest BCUT2D eigenvalue weighted by molar-refractivity contribution is 6.00. The predicted molar refractivity (Wildman–Crippen MR) is 107 cm³/mol. The Morgan fingerprint density at radius 3 is 1.43 bits per heavy atom. The van der Waals surface area contributed by atoms with Crippen molar-refractivity contribution in [1.82, 2.24) is 0 Å². The smallest absolute Gasteiger partial charge is 0.324 e. The maximum Gasteiger partial charge on any atom is 0.324 e. The fraction of sp³-hybridized carbons (Fsp3) is 0.917. The monoisotopic (exact) mass is 390 g/mol. The van der Waals surface area contributed by atoms with Crippen molar-refractivity contribution < 1.29 is 19.1 Å². The first-order valence-electron chi connectivity index (χ1n) is 11.9. The van der Waals surface area contributed by atoms with E-state index in [1.54, 1.807) is 0 Å². The molecule has 0 N–H and O–H groups in total. The summed E-state index contributed by atoms with van der Waals surface area (Å²) in [7, 11) is 0. The molecule has 6 saturated carbocycles. The second-order valence-electron chi connectivity index (χ2n) is 10.4. The first-order valence-corrected chi connectivity index (χ1v) is 11.9. The Hall–Kier alpha value is -1.06. The molecule has 0 saturated heterocycles. The molecule has 0 radical (unpaired) electrons. The fourth-order valence-corrected chi connectivity index (χ4v) is 6.66. The van der Waals surface area contributed by atoms with E-state index in [-0.39, 0.29) is 30.1 Å². The van der Waals surface area contributed by atoms with E-state index in [0.717, 1.165) is 12.8 Å². The van der Waals surface area contributed by atoms with Gasteiger partial charge in [0.2, 0.25) is 0 Å². The van der Waals surface area contributed by atoms with Crippen molar-refractivity contribution >= 4 is 11.9 Å². The number of rotatable bonds is 6. The first kappa shape index (κ1) is 20.2. The molecule has 0 heterocycles. The van der Waals surface area contributed by atoms with E-state index in [2.05, 4.69) is 0 Å². The average Bonchev–Trinajstić information content (AvgIpc) is 2.70. The molecular weight excluding hydrogens is 352 g/mol. The highest BCUT2D eigenvalue weighted by atomic mass is 16.6. The number of hydrogen-bond acceptors (Lipinski definition) is 4. The lowest BCUT2D eigenvalue weighted by Gasteiger charge is -2.45. The van der Waals surface area contributed by atoms with Gasteiger partial charge in [-0.15, -0.1) is 0 Å². The van der Waals surface area contributed by atoms with Crippen molar-refractivity contribution in [2.45, 2.75) is 104 Å². The van der Waals surface area contributed by atoms with Crippen LogP contribution in [0.5, 0.6) is 0 Å². The molecule has 4 heteroatoms. The van der Waals surface area contributed by atoms with Crippen molar-refractivity contribution in [1.29, 1.82) is 0 Å². The molecule has 4 nitrogen and oxygen atoms in total. The summed E-state index contributed by atoms with van der Waals surface area (Å²) < 4.78 is 12.2. The van der Waals surface area contributed by atoms with Gasteiger partial charge >= 0.3 is 11.9 Å². The quantitative estimate of drug-likeness (QED) is 0.457. The number of hydrogen-bond donors (Lipinski definition) is 0. The van der Waals surface area contributed by atoms with Crippen LogP contribution in [0.25, 0.3) is 0 Å². The van der Waals surface area contributed by atoms with E-state index in [9.17, 15) is 9.59 Å². The van der Waals surface area contributed by atoms with Gasteiger partial charge in [-0.1, -0.05) is 20.8 Å². The molecule has 0 spiro atoms. The van der Waals surface area contributed by atoms with Crippen LogP contribution in [0.1, 0.15) is 91.4 Å². The number of fused-ring (bicyclic) bond motifs is 6. The van der Waals surface area contributed by atoms with Crippen LogP contribution in [0, 0.1) is 35.0 Å². The van der Waals surface area contributed by atoms with E-state index in [4.69, 9.17) is 9.47 Å². The Morgan fingerprint density at radius 1 is 0.786 bits per heavy atom. The molecule has 28 heavy (non-hydrogen) atoms. The number of ether oxygens (including phenoxy) is 2. The molecule has 0 amide bonds. The van der Waals surface area contributed by atoms with Crippen LogP contribution < -0.4 is 0 Å². The summed E-state index contributed by atoms with van der Waals surface area (Å²) >= 11 is 0. The van der Waals surface area contributed by atoms with Crippen LogP contribution in [-0.4, -0.2) is 24.1 Å². The van der Waals surface area contributed by atoms with E-state index in [0.29, 0.717) is 30.1 Å². The Labute approximate surface area is 170 Å². The van der Waals surface area contributed by atoms with Gasteiger partial charge in [-0.3, -0.25) is 9.59 Å². The molecule has 0 aliphatic heterocycles. The topological polar surface area (TPSA) is 52.6 Å². The van der Waals surface area contributed by atoms with E-state index < -0.39 is 5.41 Å². The molecular formula is C24H38O4. The standard InChI is InChI=1S/C24H38O4/c1-4-24(15(2)3,22(25)27-20-13-16-5-9-18(20)10-6-16)23(26)28-21-14-17-7-11-19(21)12-8-17/h15-21H,4-14H2,1-3H3. The van der Waals surface area contributed by atoms with Crippen molar-refractivity contribution in [2.75, 3.05) is 0 Å². The van der Waals surface area contributed by atoms with E-state index >= 15 is 0 Å². The SMILES string of the molecule is CCC(C(=O)OC1CC2CCC1CC2)(C(=O)OC1CC2CCC1CC2)C(C)C. The lowest BCUT2D eigenvalue weighted by Crippen LogP contribution is -2.51. The molecule has 6 aliphatic carbocycles. The number of esters is 2. The minimum atomic E-state index is -1.16. The zero-order chi connectivity index (χ0) is 19.9. The third-order valence-corrected chi connectivity index (χ3v) is 8.75. The van der Waals surface area contributed by atoms with Gasteiger partial charge in [0.15, 0.2) is 5.41 Å². The van der Waals surface area contributed by atoms with Crippen molar-refractivity contribution in [3.63, 3.8) is 0 Å².